The van der Waals surface area contributed by atoms with E-state index < -0.39 is 0 Å². The van der Waals surface area contributed by atoms with Crippen molar-refractivity contribution in [2.45, 2.75) is 0 Å². The van der Waals surface area contributed by atoms with E-state index in [0.717, 1.165) is 9.86 Å². The van der Waals surface area contributed by atoms with E-state index in [-0.39, 0.29) is 5.78 Å². The van der Waals surface area contributed by atoms with Gasteiger partial charge in [0.15, 0.2) is 5.78 Å². The zero-order chi connectivity index (χ0) is 14.1. The van der Waals surface area contributed by atoms with E-state index in [1.54, 1.807) is 30.5 Å². The second-order valence-corrected chi connectivity index (χ2v) is 5.62. The molecule has 0 spiro atoms. The lowest BCUT2D eigenvalue weighted by atomic mass is 10.0. The maximum absolute atomic E-state index is 12.7. The number of ketones is 1. The van der Waals surface area contributed by atoms with Crippen LogP contribution in [-0.4, -0.2) is 10.8 Å². The van der Waals surface area contributed by atoms with Crippen LogP contribution >= 0.6 is 27.5 Å². The summed E-state index contributed by atoms with van der Waals surface area (Å²) in [7, 11) is 0. The summed E-state index contributed by atoms with van der Waals surface area (Å²) in [5, 5.41) is 1.47. The largest absolute Gasteiger partial charge is 0.288 e. The maximum Gasteiger partial charge on any atom is 0.196 e. The van der Waals surface area contributed by atoms with Crippen molar-refractivity contribution in [1.29, 1.82) is 0 Å². The first-order valence-corrected chi connectivity index (χ1v) is 7.17. The van der Waals surface area contributed by atoms with Crippen LogP contribution in [0.1, 0.15) is 15.9 Å². The molecule has 0 unspecified atom stereocenters. The molecule has 1 aromatic heterocycles. The van der Waals surface area contributed by atoms with Gasteiger partial charge >= 0.3 is 0 Å². The van der Waals surface area contributed by atoms with Gasteiger partial charge in [0.2, 0.25) is 0 Å². The second kappa shape index (κ2) is 5.35. The molecule has 0 saturated heterocycles. The molecule has 4 heteroatoms. The quantitative estimate of drug-likeness (QED) is 0.619. The Morgan fingerprint density at radius 2 is 1.85 bits per heavy atom. The number of fused-ring (bicyclic) bond motifs is 1. The number of para-hydroxylation sites is 1. The molecule has 0 amide bonds. The topological polar surface area (TPSA) is 30.0 Å². The molecule has 0 atom stereocenters. The number of benzene rings is 2. The van der Waals surface area contributed by atoms with Gasteiger partial charge in [-0.2, -0.15) is 0 Å². The predicted octanol–water partition coefficient (Wildman–Crippen LogP) is 4.88. The van der Waals surface area contributed by atoms with Crippen molar-refractivity contribution in [2.24, 2.45) is 0 Å². The van der Waals surface area contributed by atoms with Crippen LogP contribution in [0, 0.1) is 0 Å². The lowest BCUT2D eigenvalue weighted by Crippen LogP contribution is -2.04. The Hall–Kier alpha value is -1.71. The van der Waals surface area contributed by atoms with Gasteiger partial charge in [0.1, 0.15) is 0 Å². The molecule has 20 heavy (non-hydrogen) atoms. The summed E-state index contributed by atoms with van der Waals surface area (Å²) in [5.74, 6) is -0.0938. The summed E-state index contributed by atoms with van der Waals surface area (Å²) in [5.41, 5.74) is 1.81. The Kier molecular flexibility index (Phi) is 3.55. The Morgan fingerprint density at radius 1 is 1.05 bits per heavy atom. The highest BCUT2D eigenvalue weighted by molar-refractivity contribution is 9.10. The van der Waals surface area contributed by atoms with Gasteiger partial charge < -0.3 is 0 Å². The summed E-state index contributed by atoms with van der Waals surface area (Å²) in [6.07, 6.45) is 1.69. The lowest BCUT2D eigenvalue weighted by molar-refractivity contribution is 0.103. The van der Waals surface area contributed by atoms with Crippen LogP contribution in [0.5, 0.6) is 0 Å². The molecule has 2 aromatic carbocycles. The smallest absolute Gasteiger partial charge is 0.196 e. The number of hydrogen-bond donors (Lipinski definition) is 0. The van der Waals surface area contributed by atoms with E-state index >= 15 is 0 Å². The Balaban J connectivity index is 2.20. The van der Waals surface area contributed by atoms with Crippen LogP contribution in [0.25, 0.3) is 10.9 Å². The van der Waals surface area contributed by atoms with Gasteiger partial charge in [-0.1, -0.05) is 45.7 Å². The number of nitrogens with zero attached hydrogens (tertiary/aromatic N) is 1. The molecule has 0 fully saturated rings. The summed E-state index contributed by atoms with van der Waals surface area (Å²) in [6, 6.07) is 14.5. The Labute approximate surface area is 129 Å². The molecule has 0 aliphatic rings. The third kappa shape index (κ3) is 2.35. The van der Waals surface area contributed by atoms with E-state index in [1.807, 2.05) is 24.3 Å². The van der Waals surface area contributed by atoms with Gasteiger partial charge in [-0.25, -0.2) is 0 Å². The number of halogens is 2. The van der Waals surface area contributed by atoms with E-state index in [1.165, 1.54) is 0 Å². The molecule has 3 rings (SSSR count). The number of hydrogen-bond acceptors (Lipinski definition) is 2. The van der Waals surface area contributed by atoms with Gasteiger partial charge in [0.05, 0.1) is 5.52 Å². The molecule has 0 bridgehead atoms. The SMILES string of the molecule is O=C(c1cc(Cl)ccc1Br)c1cccc2cccnc12. The van der Waals surface area contributed by atoms with Gasteiger partial charge in [0, 0.05) is 32.2 Å². The molecular formula is C16H9BrClNO. The van der Waals surface area contributed by atoms with Crippen molar-refractivity contribution in [1.82, 2.24) is 4.98 Å². The first kappa shape index (κ1) is 13.3. The molecule has 1 heterocycles. The normalized spacial score (nSPS) is 10.7. The molecule has 3 aromatic rings. The van der Waals surface area contributed by atoms with Crippen molar-refractivity contribution < 1.29 is 4.79 Å². The first-order valence-electron chi connectivity index (χ1n) is 6.00. The van der Waals surface area contributed by atoms with Crippen LogP contribution in [0.4, 0.5) is 0 Å². The minimum atomic E-state index is -0.0938. The van der Waals surface area contributed by atoms with Crippen LogP contribution in [0.3, 0.4) is 0 Å². The number of carbonyl (C=O) groups is 1. The Bertz CT molecular complexity index is 811. The number of aromatic nitrogens is 1. The van der Waals surface area contributed by atoms with Crippen molar-refractivity contribution in [3.63, 3.8) is 0 Å². The van der Waals surface area contributed by atoms with E-state index in [4.69, 9.17) is 11.6 Å². The van der Waals surface area contributed by atoms with Gasteiger partial charge in [-0.15, -0.1) is 0 Å². The van der Waals surface area contributed by atoms with Crippen molar-refractivity contribution >= 4 is 44.2 Å². The predicted molar refractivity (Wildman–Crippen MR) is 84.3 cm³/mol. The fourth-order valence-electron chi connectivity index (χ4n) is 2.10. The maximum atomic E-state index is 12.7. The summed E-state index contributed by atoms with van der Waals surface area (Å²) < 4.78 is 0.722. The van der Waals surface area contributed by atoms with Crippen molar-refractivity contribution in [2.75, 3.05) is 0 Å². The fraction of sp³-hybridized carbons (Fsp3) is 0. The molecular weight excluding hydrogens is 338 g/mol. The number of carbonyl (C=O) groups excluding carboxylic acids is 1. The van der Waals surface area contributed by atoms with Crippen LogP contribution < -0.4 is 0 Å². The zero-order valence-electron chi connectivity index (χ0n) is 10.3. The van der Waals surface area contributed by atoms with E-state index in [0.29, 0.717) is 21.7 Å². The minimum Gasteiger partial charge on any atom is -0.288 e. The third-order valence-electron chi connectivity index (χ3n) is 3.05. The molecule has 0 N–H and O–H groups in total. The van der Waals surface area contributed by atoms with Gasteiger partial charge in [-0.05, 0) is 30.3 Å². The minimum absolute atomic E-state index is 0.0938. The summed E-state index contributed by atoms with van der Waals surface area (Å²) >= 11 is 9.37. The van der Waals surface area contributed by atoms with E-state index in [2.05, 4.69) is 20.9 Å². The second-order valence-electron chi connectivity index (χ2n) is 4.33. The Morgan fingerprint density at radius 3 is 2.70 bits per heavy atom. The van der Waals surface area contributed by atoms with Gasteiger partial charge in [-0.3, -0.25) is 9.78 Å². The first-order chi connectivity index (χ1) is 9.66. The highest BCUT2D eigenvalue weighted by atomic mass is 79.9. The van der Waals surface area contributed by atoms with Crippen LogP contribution in [0.15, 0.2) is 59.2 Å². The molecule has 0 aliphatic carbocycles. The standard InChI is InChI=1S/C16H9BrClNO/c17-14-7-6-11(18)9-13(14)16(20)12-5-1-3-10-4-2-8-19-15(10)12/h1-9H. The highest BCUT2D eigenvalue weighted by Gasteiger charge is 2.16. The van der Waals surface area contributed by atoms with Crippen molar-refractivity contribution in [3.8, 4) is 0 Å². The lowest BCUT2D eigenvalue weighted by Gasteiger charge is -2.07. The van der Waals surface area contributed by atoms with E-state index in [9.17, 15) is 4.79 Å². The molecule has 98 valence electrons. The monoisotopic (exact) mass is 345 g/mol. The average molecular weight is 347 g/mol. The molecule has 0 saturated carbocycles. The summed E-state index contributed by atoms with van der Waals surface area (Å²) in [6.45, 7) is 0. The fourth-order valence-corrected chi connectivity index (χ4v) is 2.70. The number of rotatable bonds is 2. The average Bonchev–Trinajstić information content (AvgIpc) is 2.48. The van der Waals surface area contributed by atoms with Crippen molar-refractivity contribution in [3.05, 3.63) is 75.4 Å². The van der Waals surface area contributed by atoms with Crippen LogP contribution in [0.2, 0.25) is 5.02 Å². The van der Waals surface area contributed by atoms with Crippen LogP contribution in [-0.2, 0) is 0 Å². The highest BCUT2D eigenvalue weighted by Crippen LogP contribution is 2.26. The molecule has 0 aliphatic heterocycles. The van der Waals surface area contributed by atoms with Gasteiger partial charge in [0.25, 0.3) is 0 Å². The summed E-state index contributed by atoms with van der Waals surface area (Å²) in [4.78, 5) is 17.0. The number of pyridine rings is 1. The molecule has 0 radical (unpaired) electrons. The third-order valence-corrected chi connectivity index (χ3v) is 3.98. The zero-order valence-corrected chi connectivity index (χ0v) is 12.6. The molecule has 2 nitrogen and oxygen atoms in total.